The van der Waals surface area contributed by atoms with E-state index in [9.17, 15) is 0 Å². The Morgan fingerprint density at radius 2 is 1.84 bits per heavy atom. The average Bonchev–Trinajstić information content (AvgIpc) is 3.04. The molecule has 3 atom stereocenters. The molecule has 25 heavy (non-hydrogen) atoms. The third-order valence-corrected chi connectivity index (χ3v) is 13.1. The van der Waals surface area contributed by atoms with Gasteiger partial charge in [-0.15, -0.1) is 11.3 Å². The van der Waals surface area contributed by atoms with Crippen LogP contribution in [0.15, 0.2) is 11.4 Å². The quantitative estimate of drug-likeness (QED) is 0.479. The van der Waals surface area contributed by atoms with Crippen molar-refractivity contribution < 1.29 is 4.43 Å². The van der Waals surface area contributed by atoms with E-state index in [0.29, 0.717) is 11.5 Å². The maximum Gasteiger partial charge on any atom is 0.192 e. The Morgan fingerprint density at radius 3 is 2.32 bits per heavy atom. The molecule has 3 rings (SSSR count). The highest BCUT2D eigenvalue weighted by molar-refractivity contribution is 7.14. The predicted octanol–water partition coefficient (Wildman–Crippen LogP) is 6.49. The summed E-state index contributed by atoms with van der Waals surface area (Å²) in [4.78, 5) is 0. The number of hydrogen-bond donors (Lipinski definition) is 1. The third kappa shape index (κ3) is 3.89. The summed E-state index contributed by atoms with van der Waals surface area (Å²) in [6.07, 6.45) is 2.77. The van der Waals surface area contributed by atoms with Gasteiger partial charge in [0.1, 0.15) is 0 Å². The van der Waals surface area contributed by atoms with Crippen LogP contribution in [0.25, 0.3) is 0 Å². The molecule has 1 heterocycles. The van der Waals surface area contributed by atoms with Crippen molar-refractivity contribution in [1.29, 1.82) is 0 Å². The van der Waals surface area contributed by atoms with Crippen molar-refractivity contribution in [2.75, 3.05) is 6.54 Å². The number of rotatable bonds is 9. The highest BCUT2D eigenvalue weighted by Gasteiger charge is 2.61. The second kappa shape index (κ2) is 7.63. The molecular weight excluding hydrogens is 366 g/mol. The van der Waals surface area contributed by atoms with Gasteiger partial charge in [0.2, 0.25) is 0 Å². The van der Waals surface area contributed by atoms with Crippen LogP contribution in [0.1, 0.15) is 59.1 Å². The number of nitrogens with one attached hydrogen (secondary N) is 1. The molecular formula is C20H34ClNOSSi. The van der Waals surface area contributed by atoms with Crippen LogP contribution in [0.2, 0.25) is 22.5 Å². The molecule has 5 heteroatoms. The lowest BCUT2D eigenvalue weighted by Crippen LogP contribution is -2.41. The number of halogens is 1. The van der Waals surface area contributed by atoms with Gasteiger partial charge in [0, 0.05) is 18.2 Å². The van der Waals surface area contributed by atoms with E-state index < -0.39 is 8.32 Å². The molecule has 0 saturated heterocycles. The van der Waals surface area contributed by atoms with E-state index in [1.54, 1.807) is 11.3 Å². The van der Waals surface area contributed by atoms with Crippen molar-refractivity contribution in [3.8, 4) is 0 Å². The zero-order valence-corrected chi connectivity index (χ0v) is 19.0. The standard InChI is InChI=1S/C20H34ClNOSSi/c1-6-25(7-2,8-3)23-18(15-9-10-24-19(15)21)13-22-14-11-16-17(12-14)20(16,4)5/h9-10,14,16-18,22H,6-8,11-13H2,1-5H3. The van der Waals surface area contributed by atoms with Gasteiger partial charge >= 0.3 is 0 Å². The smallest absolute Gasteiger partial charge is 0.192 e. The Morgan fingerprint density at radius 1 is 1.24 bits per heavy atom. The second-order valence-electron chi connectivity index (χ2n) is 8.61. The van der Waals surface area contributed by atoms with Crippen LogP contribution in [0.4, 0.5) is 0 Å². The fourth-order valence-electron chi connectivity index (χ4n) is 4.99. The number of thiophene rings is 1. The lowest BCUT2D eigenvalue weighted by Gasteiger charge is -2.34. The molecule has 2 saturated carbocycles. The summed E-state index contributed by atoms with van der Waals surface area (Å²) in [7, 11) is -1.66. The minimum Gasteiger partial charge on any atom is -0.409 e. The van der Waals surface area contributed by atoms with Crippen LogP contribution >= 0.6 is 22.9 Å². The third-order valence-electron chi connectivity index (χ3n) is 7.27. The van der Waals surface area contributed by atoms with Crippen LogP contribution < -0.4 is 5.32 Å². The zero-order valence-electron chi connectivity index (χ0n) is 16.4. The normalized spacial score (nSPS) is 28.8. The minimum atomic E-state index is -1.66. The van der Waals surface area contributed by atoms with Crippen molar-refractivity contribution in [2.24, 2.45) is 17.3 Å². The Bertz CT molecular complexity index is 564. The van der Waals surface area contributed by atoms with Crippen LogP contribution in [-0.2, 0) is 4.43 Å². The average molecular weight is 400 g/mol. The van der Waals surface area contributed by atoms with E-state index in [-0.39, 0.29) is 6.10 Å². The first kappa shape index (κ1) is 19.9. The molecule has 1 aromatic heterocycles. The maximum absolute atomic E-state index is 6.85. The predicted molar refractivity (Wildman–Crippen MR) is 112 cm³/mol. The molecule has 2 aliphatic carbocycles. The highest BCUT2D eigenvalue weighted by atomic mass is 35.5. The number of fused-ring (bicyclic) bond motifs is 1. The second-order valence-corrected chi connectivity index (χ2v) is 14.9. The van der Waals surface area contributed by atoms with E-state index in [1.165, 1.54) is 36.5 Å². The van der Waals surface area contributed by atoms with Gasteiger partial charge in [-0.05, 0) is 59.7 Å². The highest BCUT2D eigenvalue weighted by Crippen LogP contribution is 2.66. The van der Waals surface area contributed by atoms with Gasteiger partial charge < -0.3 is 9.74 Å². The van der Waals surface area contributed by atoms with Gasteiger partial charge in [0.15, 0.2) is 8.32 Å². The van der Waals surface area contributed by atoms with Crippen molar-refractivity contribution in [1.82, 2.24) is 5.32 Å². The molecule has 0 spiro atoms. The summed E-state index contributed by atoms with van der Waals surface area (Å²) in [6, 6.07) is 6.36. The summed E-state index contributed by atoms with van der Waals surface area (Å²) in [5, 5.41) is 5.93. The topological polar surface area (TPSA) is 21.3 Å². The molecule has 1 N–H and O–H groups in total. The summed E-state index contributed by atoms with van der Waals surface area (Å²) in [5.74, 6) is 1.87. The van der Waals surface area contributed by atoms with Gasteiger partial charge in [-0.1, -0.05) is 46.2 Å². The Kier molecular flexibility index (Phi) is 6.07. The molecule has 0 bridgehead atoms. The lowest BCUT2D eigenvalue weighted by atomic mass is 9.97. The van der Waals surface area contributed by atoms with E-state index in [1.807, 2.05) is 0 Å². The van der Waals surface area contributed by atoms with Crippen LogP contribution in [0.5, 0.6) is 0 Å². The van der Waals surface area contributed by atoms with Gasteiger partial charge in [-0.3, -0.25) is 0 Å². The van der Waals surface area contributed by atoms with Crippen molar-refractivity contribution in [2.45, 2.75) is 77.7 Å². The van der Waals surface area contributed by atoms with E-state index >= 15 is 0 Å². The summed E-state index contributed by atoms with van der Waals surface area (Å²) < 4.78 is 7.75. The molecule has 0 amide bonds. The van der Waals surface area contributed by atoms with E-state index in [4.69, 9.17) is 16.0 Å². The minimum absolute atomic E-state index is 0.107. The van der Waals surface area contributed by atoms with Gasteiger partial charge in [0.05, 0.1) is 10.4 Å². The summed E-state index contributed by atoms with van der Waals surface area (Å²) in [6.45, 7) is 12.6. The lowest BCUT2D eigenvalue weighted by molar-refractivity contribution is 0.179. The Hall–Kier alpha value is 0.127. The Balaban J connectivity index is 1.65. The maximum atomic E-state index is 6.85. The van der Waals surface area contributed by atoms with Crippen molar-refractivity contribution in [3.63, 3.8) is 0 Å². The van der Waals surface area contributed by atoms with Gasteiger partial charge in [0.25, 0.3) is 0 Å². The molecule has 3 unspecified atom stereocenters. The van der Waals surface area contributed by atoms with E-state index in [2.05, 4.69) is 51.4 Å². The molecule has 2 nitrogen and oxygen atoms in total. The first-order chi connectivity index (χ1) is 11.9. The molecule has 142 valence electrons. The molecule has 2 aliphatic rings. The molecule has 0 radical (unpaired) electrons. The SMILES string of the molecule is CC[Si](CC)(CC)OC(CNC1CC2C(C1)C2(C)C)c1ccsc1Cl. The van der Waals surface area contributed by atoms with Crippen molar-refractivity contribution in [3.05, 3.63) is 21.3 Å². The molecule has 2 fully saturated rings. The molecule has 0 aliphatic heterocycles. The van der Waals surface area contributed by atoms with Crippen LogP contribution in [0.3, 0.4) is 0 Å². The van der Waals surface area contributed by atoms with Crippen molar-refractivity contribution >= 4 is 31.3 Å². The summed E-state index contributed by atoms with van der Waals surface area (Å²) >= 11 is 8.10. The fourth-order valence-corrected chi connectivity index (χ4v) is 8.82. The first-order valence-corrected chi connectivity index (χ1v) is 13.8. The van der Waals surface area contributed by atoms with Crippen LogP contribution in [0, 0.1) is 17.3 Å². The van der Waals surface area contributed by atoms with Gasteiger partial charge in [-0.2, -0.15) is 0 Å². The first-order valence-electron chi connectivity index (χ1n) is 10.0. The van der Waals surface area contributed by atoms with Gasteiger partial charge in [-0.25, -0.2) is 0 Å². The molecule has 0 aromatic carbocycles. The van der Waals surface area contributed by atoms with E-state index in [0.717, 1.165) is 22.7 Å². The van der Waals surface area contributed by atoms with Crippen LogP contribution in [-0.4, -0.2) is 20.9 Å². The zero-order chi connectivity index (χ0) is 18.2. The monoisotopic (exact) mass is 399 g/mol. The Labute approximate surface area is 163 Å². The fraction of sp³-hybridized carbons (Fsp3) is 0.800. The summed E-state index contributed by atoms with van der Waals surface area (Å²) in [5.41, 5.74) is 1.79. The largest absolute Gasteiger partial charge is 0.409 e. The number of hydrogen-bond acceptors (Lipinski definition) is 3. The molecule has 1 aromatic rings.